The van der Waals surface area contributed by atoms with E-state index in [0.29, 0.717) is 5.92 Å². The standard InChI is InChI=1S/C33H52/c1-11-17-27(7)20-16-21-31(19-13-3)33(29(9)15-5)23-22-32(25-26(6)14-4)30(10)24-28(8)18-12-2/h16,20-26H,7-8,11-15,17-19H2,1-6,9-10H3/b20-16-,23-22-,30-24-,31-21+,32-25-,33-29?. The van der Waals surface area contributed by atoms with Crippen molar-refractivity contribution in [2.45, 2.75) is 107 Å². The summed E-state index contributed by atoms with van der Waals surface area (Å²) in [7, 11) is 0. The van der Waals surface area contributed by atoms with Gasteiger partial charge in [-0.3, -0.25) is 0 Å². The average molecular weight is 449 g/mol. The molecule has 0 heteroatoms. The van der Waals surface area contributed by atoms with Crippen molar-refractivity contribution in [1.82, 2.24) is 0 Å². The number of hydrogen-bond donors (Lipinski definition) is 0. The Kier molecular flexibility index (Phi) is 17.2. The predicted molar refractivity (Wildman–Crippen MR) is 154 cm³/mol. The average Bonchev–Trinajstić information content (AvgIpc) is 2.77. The lowest BCUT2D eigenvalue weighted by Gasteiger charge is -2.13. The highest BCUT2D eigenvalue weighted by molar-refractivity contribution is 5.50. The maximum Gasteiger partial charge on any atom is -0.0235 e. The molecule has 0 fully saturated rings. The number of hydrogen-bond acceptors (Lipinski definition) is 0. The van der Waals surface area contributed by atoms with Gasteiger partial charge in [0.2, 0.25) is 0 Å². The van der Waals surface area contributed by atoms with Crippen LogP contribution in [0.2, 0.25) is 0 Å². The lowest BCUT2D eigenvalue weighted by atomic mass is 9.92. The molecule has 1 unspecified atom stereocenters. The van der Waals surface area contributed by atoms with E-state index < -0.39 is 0 Å². The summed E-state index contributed by atoms with van der Waals surface area (Å²) in [5, 5.41) is 0. The van der Waals surface area contributed by atoms with Crippen molar-refractivity contribution in [2.75, 3.05) is 0 Å². The molecule has 0 N–H and O–H groups in total. The smallest absolute Gasteiger partial charge is 0.0235 e. The molecule has 0 aliphatic carbocycles. The van der Waals surface area contributed by atoms with Crippen LogP contribution in [0.4, 0.5) is 0 Å². The van der Waals surface area contributed by atoms with Crippen LogP contribution in [0.5, 0.6) is 0 Å². The summed E-state index contributed by atoms with van der Waals surface area (Å²) >= 11 is 0. The second-order valence-corrected chi connectivity index (χ2v) is 9.33. The van der Waals surface area contributed by atoms with Gasteiger partial charge in [-0.2, -0.15) is 0 Å². The van der Waals surface area contributed by atoms with Gasteiger partial charge in [0, 0.05) is 0 Å². The molecule has 0 aliphatic rings. The topological polar surface area (TPSA) is 0 Å². The molecule has 0 heterocycles. The Bertz CT molecular complexity index is 786. The van der Waals surface area contributed by atoms with Crippen molar-refractivity contribution in [2.24, 2.45) is 5.92 Å². The highest BCUT2D eigenvalue weighted by atomic mass is 14.1. The van der Waals surface area contributed by atoms with Crippen LogP contribution in [0.25, 0.3) is 0 Å². The van der Waals surface area contributed by atoms with Crippen molar-refractivity contribution < 1.29 is 0 Å². The molecule has 0 aromatic carbocycles. The van der Waals surface area contributed by atoms with Crippen molar-refractivity contribution in [1.29, 1.82) is 0 Å². The zero-order valence-corrected chi connectivity index (χ0v) is 23.2. The van der Waals surface area contributed by atoms with E-state index >= 15 is 0 Å². The molecule has 0 spiro atoms. The van der Waals surface area contributed by atoms with Gasteiger partial charge in [-0.1, -0.05) is 140 Å². The molecule has 0 saturated carbocycles. The van der Waals surface area contributed by atoms with E-state index in [0.717, 1.165) is 51.4 Å². The summed E-state index contributed by atoms with van der Waals surface area (Å²) in [6, 6.07) is 0. The van der Waals surface area contributed by atoms with E-state index in [1.165, 1.54) is 39.0 Å². The zero-order valence-electron chi connectivity index (χ0n) is 23.2. The van der Waals surface area contributed by atoms with Crippen molar-refractivity contribution >= 4 is 0 Å². The summed E-state index contributed by atoms with van der Waals surface area (Å²) in [6.07, 6.45) is 24.8. The molecular formula is C33H52. The summed E-state index contributed by atoms with van der Waals surface area (Å²) in [5.74, 6) is 0.547. The normalized spacial score (nSPS) is 15.3. The Labute approximate surface area is 207 Å². The van der Waals surface area contributed by atoms with Gasteiger partial charge in [-0.25, -0.2) is 0 Å². The summed E-state index contributed by atoms with van der Waals surface area (Å²) < 4.78 is 0. The van der Waals surface area contributed by atoms with E-state index in [4.69, 9.17) is 0 Å². The maximum absolute atomic E-state index is 4.26. The lowest BCUT2D eigenvalue weighted by Crippen LogP contribution is -1.95. The Morgan fingerprint density at radius 2 is 1.39 bits per heavy atom. The van der Waals surface area contributed by atoms with Gasteiger partial charge in [0.05, 0.1) is 0 Å². The van der Waals surface area contributed by atoms with Gasteiger partial charge >= 0.3 is 0 Å². The third kappa shape index (κ3) is 13.3. The van der Waals surface area contributed by atoms with Crippen molar-refractivity contribution in [3.63, 3.8) is 0 Å². The largest absolute Gasteiger partial charge is 0.0958 e. The molecule has 0 rings (SSSR count). The fourth-order valence-corrected chi connectivity index (χ4v) is 3.69. The van der Waals surface area contributed by atoms with Crippen LogP contribution in [0.1, 0.15) is 107 Å². The van der Waals surface area contributed by atoms with Crippen LogP contribution in [0.15, 0.2) is 94.7 Å². The summed E-state index contributed by atoms with van der Waals surface area (Å²) in [5.41, 5.74) is 9.24. The minimum atomic E-state index is 0.547. The lowest BCUT2D eigenvalue weighted by molar-refractivity contribution is 0.695. The molecule has 0 aliphatic heterocycles. The monoisotopic (exact) mass is 448 g/mol. The molecule has 0 amide bonds. The van der Waals surface area contributed by atoms with Gasteiger partial charge in [0.15, 0.2) is 0 Å². The maximum atomic E-state index is 4.26. The van der Waals surface area contributed by atoms with E-state index in [2.05, 4.69) is 111 Å². The molecule has 0 nitrogen and oxygen atoms in total. The quantitative estimate of drug-likeness (QED) is 0.206. The molecular weight excluding hydrogens is 396 g/mol. The predicted octanol–water partition coefficient (Wildman–Crippen LogP) is 11.2. The summed E-state index contributed by atoms with van der Waals surface area (Å²) in [6.45, 7) is 26.4. The van der Waals surface area contributed by atoms with Crippen LogP contribution < -0.4 is 0 Å². The molecule has 0 aromatic rings. The molecule has 0 radical (unpaired) electrons. The first kappa shape index (κ1) is 30.9. The Hall–Kier alpha value is -2.08. The third-order valence-electron chi connectivity index (χ3n) is 6.04. The van der Waals surface area contributed by atoms with E-state index in [-0.39, 0.29) is 0 Å². The van der Waals surface area contributed by atoms with Gasteiger partial charge in [-0.15, -0.1) is 0 Å². The Balaban J connectivity index is 6.29. The van der Waals surface area contributed by atoms with E-state index in [1.807, 2.05) is 0 Å². The van der Waals surface area contributed by atoms with Crippen LogP contribution in [-0.4, -0.2) is 0 Å². The van der Waals surface area contributed by atoms with Crippen LogP contribution in [0.3, 0.4) is 0 Å². The minimum absolute atomic E-state index is 0.547. The number of allylic oxidation sites excluding steroid dienone is 14. The van der Waals surface area contributed by atoms with Crippen molar-refractivity contribution in [3.05, 3.63) is 94.7 Å². The van der Waals surface area contributed by atoms with Gasteiger partial charge in [0.25, 0.3) is 0 Å². The zero-order chi connectivity index (χ0) is 25.2. The SMILES string of the molecule is C=C(/C=C\C=C(/CCC)C(\C=C/C(=C/C(C)CC)C(/C)=C\C(=C)CCC)=C(C)CC)CCC. The highest BCUT2D eigenvalue weighted by Gasteiger charge is 2.07. The summed E-state index contributed by atoms with van der Waals surface area (Å²) in [4.78, 5) is 0. The first-order chi connectivity index (χ1) is 15.7. The molecule has 1 atom stereocenters. The second-order valence-electron chi connectivity index (χ2n) is 9.33. The second kappa shape index (κ2) is 18.4. The molecule has 0 aromatic heterocycles. The van der Waals surface area contributed by atoms with Gasteiger partial charge < -0.3 is 0 Å². The third-order valence-corrected chi connectivity index (χ3v) is 6.04. The molecule has 0 bridgehead atoms. The van der Waals surface area contributed by atoms with E-state index in [9.17, 15) is 0 Å². The van der Waals surface area contributed by atoms with Crippen LogP contribution in [0, 0.1) is 5.92 Å². The molecule has 0 saturated heterocycles. The Morgan fingerprint density at radius 1 is 0.788 bits per heavy atom. The first-order valence-corrected chi connectivity index (χ1v) is 13.2. The fraction of sp³-hybridized carbons (Fsp3) is 0.515. The van der Waals surface area contributed by atoms with E-state index in [1.54, 1.807) is 0 Å². The number of rotatable bonds is 16. The minimum Gasteiger partial charge on any atom is -0.0958 e. The fourth-order valence-electron chi connectivity index (χ4n) is 3.69. The first-order valence-electron chi connectivity index (χ1n) is 13.2. The van der Waals surface area contributed by atoms with Gasteiger partial charge in [0.1, 0.15) is 0 Å². The molecule has 184 valence electrons. The van der Waals surface area contributed by atoms with Crippen molar-refractivity contribution in [3.8, 4) is 0 Å². The van der Waals surface area contributed by atoms with Crippen LogP contribution in [-0.2, 0) is 0 Å². The highest BCUT2D eigenvalue weighted by Crippen LogP contribution is 2.26. The van der Waals surface area contributed by atoms with Crippen LogP contribution >= 0.6 is 0 Å². The molecule has 33 heavy (non-hydrogen) atoms. The van der Waals surface area contributed by atoms with Gasteiger partial charge in [-0.05, 0) is 67.7 Å². The Morgan fingerprint density at radius 3 is 1.94 bits per heavy atom.